The van der Waals surface area contributed by atoms with E-state index in [1.54, 1.807) is 0 Å². The van der Waals surface area contributed by atoms with Crippen LogP contribution in [0.25, 0.3) is 0 Å². The number of rotatable bonds is 6. The van der Waals surface area contributed by atoms with Crippen LogP contribution in [0.2, 0.25) is 0 Å². The van der Waals surface area contributed by atoms with Gasteiger partial charge in [-0.2, -0.15) is 0 Å². The number of carbonyl (C=O) groups is 1. The van der Waals surface area contributed by atoms with Crippen molar-refractivity contribution >= 4 is 11.6 Å². The summed E-state index contributed by atoms with van der Waals surface area (Å²) in [5.41, 5.74) is 3.34. The molecule has 0 bridgehead atoms. The summed E-state index contributed by atoms with van der Waals surface area (Å²) in [6.45, 7) is 7.91. The van der Waals surface area contributed by atoms with Gasteiger partial charge in [0.05, 0.1) is 0 Å². The SMILES string of the molecule is CN(C)C[C@@H]1COc2cc(NC(=O)CCc3ccc(C(C)(C)C)cc3)ccc2O1. The minimum atomic E-state index is -0.00735. The summed E-state index contributed by atoms with van der Waals surface area (Å²) in [5.74, 6) is 1.39. The van der Waals surface area contributed by atoms with Crippen LogP contribution >= 0.6 is 0 Å². The highest BCUT2D eigenvalue weighted by atomic mass is 16.6. The standard InChI is InChI=1S/C24H32N2O3/c1-24(2,3)18-9-6-17(7-10-18)8-13-23(27)25-19-11-12-21-22(14-19)28-16-20(29-21)15-26(4)5/h6-7,9-12,14,20H,8,13,15-16H2,1-5H3,(H,25,27)/t20-/m1/s1. The van der Waals surface area contributed by atoms with Crippen LogP contribution < -0.4 is 14.8 Å². The number of likely N-dealkylation sites (N-methyl/N-ethyl adjacent to an activating group) is 1. The van der Waals surface area contributed by atoms with Crippen LogP contribution in [0, 0.1) is 0 Å². The number of benzene rings is 2. The lowest BCUT2D eigenvalue weighted by molar-refractivity contribution is -0.116. The van der Waals surface area contributed by atoms with Gasteiger partial charge in [0.2, 0.25) is 5.91 Å². The van der Waals surface area contributed by atoms with Gasteiger partial charge in [0.1, 0.15) is 12.7 Å². The Hall–Kier alpha value is -2.53. The smallest absolute Gasteiger partial charge is 0.224 e. The molecule has 5 heteroatoms. The first kappa shape index (κ1) is 21.2. The van der Waals surface area contributed by atoms with E-state index < -0.39 is 0 Å². The molecule has 0 saturated heterocycles. The van der Waals surface area contributed by atoms with Gasteiger partial charge in [0.25, 0.3) is 0 Å². The zero-order chi connectivity index (χ0) is 21.0. The summed E-state index contributed by atoms with van der Waals surface area (Å²) >= 11 is 0. The molecule has 1 aliphatic heterocycles. The largest absolute Gasteiger partial charge is 0.486 e. The zero-order valence-corrected chi connectivity index (χ0v) is 18.1. The Bertz CT molecular complexity index is 838. The second-order valence-electron chi connectivity index (χ2n) is 8.97. The summed E-state index contributed by atoms with van der Waals surface area (Å²) in [7, 11) is 4.02. The minimum absolute atomic E-state index is 0.00735. The number of fused-ring (bicyclic) bond motifs is 1. The van der Waals surface area contributed by atoms with Crippen LogP contribution in [0.4, 0.5) is 5.69 Å². The number of amides is 1. The summed E-state index contributed by atoms with van der Waals surface area (Å²) in [5, 5.41) is 2.96. The molecule has 156 valence electrons. The Balaban J connectivity index is 1.52. The summed E-state index contributed by atoms with van der Waals surface area (Å²) in [6, 6.07) is 14.1. The lowest BCUT2D eigenvalue weighted by Gasteiger charge is -2.28. The van der Waals surface area contributed by atoms with Crippen molar-refractivity contribution in [3.63, 3.8) is 0 Å². The van der Waals surface area contributed by atoms with Gasteiger partial charge >= 0.3 is 0 Å². The maximum atomic E-state index is 12.4. The van der Waals surface area contributed by atoms with Crippen molar-refractivity contribution in [3.8, 4) is 11.5 Å². The van der Waals surface area contributed by atoms with E-state index in [0.717, 1.165) is 18.0 Å². The van der Waals surface area contributed by atoms with Crippen LogP contribution in [0.1, 0.15) is 38.3 Å². The monoisotopic (exact) mass is 396 g/mol. The fraction of sp³-hybridized carbons (Fsp3) is 0.458. The van der Waals surface area contributed by atoms with E-state index in [9.17, 15) is 4.79 Å². The Labute approximate surface area is 174 Å². The Morgan fingerprint density at radius 3 is 2.48 bits per heavy atom. The van der Waals surface area contributed by atoms with Gasteiger partial charge < -0.3 is 19.7 Å². The van der Waals surface area contributed by atoms with Crippen molar-refractivity contribution in [3.05, 3.63) is 53.6 Å². The number of nitrogens with zero attached hydrogens (tertiary/aromatic N) is 1. The van der Waals surface area contributed by atoms with Crippen molar-refractivity contribution in [1.82, 2.24) is 4.90 Å². The van der Waals surface area contributed by atoms with Gasteiger partial charge in [-0.3, -0.25) is 4.79 Å². The first-order chi connectivity index (χ1) is 13.7. The van der Waals surface area contributed by atoms with Crippen LogP contribution in [0.15, 0.2) is 42.5 Å². The molecule has 1 atom stereocenters. The first-order valence-corrected chi connectivity index (χ1v) is 10.2. The molecule has 0 aromatic heterocycles. The van der Waals surface area contributed by atoms with Gasteiger partial charge in [0.15, 0.2) is 11.5 Å². The lowest BCUT2D eigenvalue weighted by atomic mass is 9.86. The van der Waals surface area contributed by atoms with Crippen molar-refractivity contribution in [2.75, 3.05) is 32.6 Å². The minimum Gasteiger partial charge on any atom is -0.486 e. The van der Waals surface area contributed by atoms with E-state index >= 15 is 0 Å². The number of anilines is 1. The topological polar surface area (TPSA) is 50.8 Å². The van der Waals surface area contributed by atoms with Gasteiger partial charge in [-0.15, -0.1) is 0 Å². The third kappa shape index (κ3) is 5.97. The summed E-state index contributed by atoms with van der Waals surface area (Å²) in [6.07, 6.45) is 1.17. The molecule has 1 heterocycles. The lowest BCUT2D eigenvalue weighted by Crippen LogP contribution is -2.38. The van der Waals surface area contributed by atoms with Crippen molar-refractivity contribution < 1.29 is 14.3 Å². The van der Waals surface area contributed by atoms with E-state index in [-0.39, 0.29) is 17.4 Å². The third-order valence-electron chi connectivity index (χ3n) is 4.98. The number of aryl methyl sites for hydroxylation is 1. The second-order valence-corrected chi connectivity index (χ2v) is 8.97. The third-order valence-corrected chi connectivity index (χ3v) is 4.98. The van der Waals surface area contributed by atoms with Crippen LogP contribution in [0.5, 0.6) is 11.5 Å². The molecule has 1 aliphatic rings. The predicted molar refractivity (Wildman–Crippen MR) is 117 cm³/mol. The molecule has 0 fully saturated rings. The molecule has 0 spiro atoms. The molecular formula is C24H32N2O3. The van der Waals surface area contributed by atoms with E-state index in [0.29, 0.717) is 25.2 Å². The van der Waals surface area contributed by atoms with E-state index in [1.165, 1.54) is 11.1 Å². The van der Waals surface area contributed by atoms with Crippen molar-refractivity contribution in [2.24, 2.45) is 0 Å². The Kier molecular flexibility index (Phi) is 6.48. The highest BCUT2D eigenvalue weighted by Gasteiger charge is 2.22. The maximum Gasteiger partial charge on any atom is 0.224 e. The maximum absolute atomic E-state index is 12.4. The van der Waals surface area contributed by atoms with Crippen molar-refractivity contribution in [2.45, 2.75) is 45.1 Å². The predicted octanol–water partition coefficient (Wildman–Crippen LogP) is 4.26. The number of hydrogen-bond donors (Lipinski definition) is 1. The van der Waals surface area contributed by atoms with Crippen molar-refractivity contribution in [1.29, 1.82) is 0 Å². The summed E-state index contributed by atoms with van der Waals surface area (Å²) < 4.78 is 11.8. The molecule has 0 unspecified atom stereocenters. The van der Waals surface area contributed by atoms with E-state index in [4.69, 9.17) is 9.47 Å². The summed E-state index contributed by atoms with van der Waals surface area (Å²) in [4.78, 5) is 14.4. The van der Waals surface area contributed by atoms with Crippen LogP contribution in [0.3, 0.4) is 0 Å². The molecule has 0 radical (unpaired) electrons. The van der Waals surface area contributed by atoms with Gasteiger partial charge in [-0.25, -0.2) is 0 Å². The molecule has 1 amide bonds. The molecule has 2 aromatic carbocycles. The highest BCUT2D eigenvalue weighted by Crippen LogP contribution is 2.34. The zero-order valence-electron chi connectivity index (χ0n) is 18.1. The molecule has 3 rings (SSSR count). The number of ether oxygens (including phenoxy) is 2. The molecule has 0 aliphatic carbocycles. The van der Waals surface area contributed by atoms with E-state index in [2.05, 4.69) is 55.3 Å². The van der Waals surface area contributed by atoms with Gasteiger partial charge in [0, 0.05) is 24.7 Å². The van der Waals surface area contributed by atoms with Crippen LogP contribution in [-0.2, 0) is 16.6 Å². The molecule has 29 heavy (non-hydrogen) atoms. The molecule has 2 aromatic rings. The fourth-order valence-electron chi connectivity index (χ4n) is 3.34. The second kappa shape index (κ2) is 8.87. The Morgan fingerprint density at radius 2 is 1.83 bits per heavy atom. The highest BCUT2D eigenvalue weighted by molar-refractivity contribution is 5.91. The molecular weight excluding hydrogens is 364 g/mol. The Morgan fingerprint density at radius 1 is 1.10 bits per heavy atom. The van der Waals surface area contributed by atoms with Crippen LogP contribution in [-0.4, -0.2) is 44.2 Å². The average molecular weight is 397 g/mol. The van der Waals surface area contributed by atoms with Gasteiger partial charge in [-0.05, 0) is 49.2 Å². The molecule has 5 nitrogen and oxygen atoms in total. The van der Waals surface area contributed by atoms with E-state index in [1.807, 2.05) is 32.3 Å². The average Bonchev–Trinajstić information content (AvgIpc) is 2.65. The fourth-order valence-corrected chi connectivity index (χ4v) is 3.34. The van der Waals surface area contributed by atoms with Gasteiger partial charge in [-0.1, -0.05) is 45.0 Å². The molecule has 1 N–H and O–H groups in total. The normalized spacial score (nSPS) is 16.0. The number of nitrogens with one attached hydrogen (secondary N) is 1. The number of hydrogen-bond acceptors (Lipinski definition) is 4. The molecule has 0 saturated carbocycles. The quantitative estimate of drug-likeness (QED) is 0.793. The number of carbonyl (C=O) groups excluding carboxylic acids is 1. The first-order valence-electron chi connectivity index (χ1n) is 10.2.